The zero-order chi connectivity index (χ0) is 10.9. The first-order valence-corrected chi connectivity index (χ1v) is 5.59. The van der Waals surface area contributed by atoms with Gasteiger partial charge in [0.15, 0.2) is 0 Å². The maximum Gasteiger partial charge on any atom is 0.416 e. The van der Waals surface area contributed by atoms with E-state index in [9.17, 15) is 13.2 Å². The van der Waals surface area contributed by atoms with E-state index in [1.54, 1.807) is 17.8 Å². The van der Waals surface area contributed by atoms with E-state index in [1.165, 1.54) is 6.07 Å². The fourth-order valence-electron chi connectivity index (χ4n) is 1.49. The number of rotatable bonds is 0. The Hall–Kier alpha value is -0.680. The second kappa shape index (κ2) is 4.06. The van der Waals surface area contributed by atoms with Gasteiger partial charge in [0, 0.05) is 23.7 Å². The summed E-state index contributed by atoms with van der Waals surface area (Å²) in [6.07, 6.45) is -4.24. The molecule has 15 heavy (non-hydrogen) atoms. The molecule has 1 aromatic rings. The quantitative estimate of drug-likeness (QED) is 0.739. The summed E-state index contributed by atoms with van der Waals surface area (Å²) in [5, 5.41) is 3.09. The van der Waals surface area contributed by atoms with Gasteiger partial charge >= 0.3 is 6.18 Å². The van der Waals surface area contributed by atoms with E-state index in [2.05, 4.69) is 5.32 Å². The highest BCUT2D eigenvalue weighted by Crippen LogP contribution is 2.33. The SMILES string of the molecule is FC(F)(F)c1ccc2c(c1)CNCCS2. The third kappa shape index (κ3) is 2.46. The number of nitrogens with one attached hydrogen (secondary N) is 1. The molecule has 1 heterocycles. The summed E-state index contributed by atoms with van der Waals surface area (Å²) in [5.74, 6) is 0.901. The molecule has 0 saturated carbocycles. The van der Waals surface area contributed by atoms with E-state index < -0.39 is 11.7 Å². The fourth-order valence-corrected chi connectivity index (χ4v) is 2.44. The molecule has 0 unspecified atom stereocenters. The molecular formula is C10H10F3NS. The van der Waals surface area contributed by atoms with E-state index in [0.29, 0.717) is 6.54 Å². The summed E-state index contributed by atoms with van der Waals surface area (Å²) in [7, 11) is 0. The number of hydrogen-bond donors (Lipinski definition) is 1. The average Bonchev–Trinajstić information content (AvgIpc) is 2.39. The molecule has 0 amide bonds. The fraction of sp³-hybridized carbons (Fsp3) is 0.400. The molecule has 1 aromatic carbocycles. The van der Waals surface area contributed by atoms with Crippen molar-refractivity contribution in [2.45, 2.75) is 17.6 Å². The molecule has 0 saturated heterocycles. The highest BCUT2D eigenvalue weighted by molar-refractivity contribution is 7.99. The van der Waals surface area contributed by atoms with Crippen molar-refractivity contribution in [1.82, 2.24) is 5.32 Å². The molecule has 0 aromatic heterocycles. The Morgan fingerprint density at radius 1 is 1.27 bits per heavy atom. The van der Waals surface area contributed by atoms with Gasteiger partial charge in [0.1, 0.15) is 0 Å². The van der Waals surface area contributed by atoms with Crippen LogP contribution in [0.2, 0.25) is 0 Å². The number of thioether (sulfide) groups is 1. The van der Waals surface area contributed by atoms with Crippen molar-refractivity contribution >= 4 is 11.8 Å². The van der Waals surface area contributed by atoms with E-state index in [1.807, 2.05) is 0 Å². The van der Waals surface area contributed by atoms with Crippen LogP contribution in [0.3, 0.4) is 0 Å². The monoisotopic (exact) mass is 233 g/mol. The molecule has 0 bridgehead atoms. The molecule has 1 aliphatic heterocycles. The third-order valence-corrected chi connectivity index (χ3v) is 3.36. The lowest BCUT2D eigenvalue weighted by molar-refractivity contribution is -0.137. The Morgan fingerprint density at radius 3 is 2.80 bits per heavy atom. The largest absolute Gasteiger partial charge is 0.416 e. The van der Waals surface area contributed by atoms with Crippen molar-refractivity contribution in [1.29, 1.82) is 0 Å². The summed E-state index contributed by atoms with van der Waals surface area (Å²) >= 11 is 1.60. The van der Waals surface area contributed by atoms with Crippen LogP contribution >= 0.6 is 11.8 Å². The molecule has 5 heteroatoms. The van der Waals surface area contributed by atoms with Crippen LogP contribution in [0.5, 0.6) is 0 Å². The van der Waals surface area contributed by atoms with Gasteiger partial charge in [0.05, 0.1) is 5.56 Å². The smallest absolute Gasteiger partial charge is 0.312 e. The van der Waals surface area contributed by atoms with Crippen molar-refractivity contribution in [3.63, 3.8) is 0 Å². The molecule has 1 nitrogen and oxygen atoms in total. The van der Waals surface area contributed by atoms with Crippen molar-refractivity contribution in [2.75, 3.05) is 12.3 Å². The zero-order valence-corrected chi connectivity index (χ0v) is 8.71. The van der Waals surface area contributed by atoms with Crippen LogP contribution in [0.15, 0.2) is 23.1 Å². The molecule has 0 spiro atoms. The van der Waals surface area contributed by atoms with E-state index >= 15 is 0 Å². The Kier molecular flexibility index (Phi) is 2.93. The number of fused-ring (bicyclic) bond motifs is 1. The first kappa shape index (κ1) is 10.8. The molecule has 1 aliphatic rings. The van der Waals surface area contributed by atoms with Crippen LogP contribution in [0.4, 0.5) is 13.2 Å². The maximum atomic E-state index is 12.4. The van der Waals surface area contributed by atoms with Crippen LogP contribution in [0.1, 0.15) is 11.1 Å². The van der Waals surface area contributed by atoms with E-state index in [4.69, 9.17) is 0 Å². The van der Waals surface area contributed by atoms with Crippen LogP contribution in [-0.2, 0) is 12.7 Å². The van der Waals surface area contributed by atoms with Crippen molar-refractivity contribution in [2.24, 2.45) is 0 Å². The minimum absolute atomic E-state index is 0.520. The van der Waals surface area contributed by atoms with Crippen molar-refractivity contribution in [3.8, 4) is 0 Å². The number of hydrogen-bond acceptors (Lipinski definition) is 2. The van der Waals surface area contributed by atoms with E-state index in [0.717, 1.165) is 28.8 Å². The highest BCUT2D eigenvalue weighted by Gasteiger charge is 2.31. The van der Waals surface area contributed by atoms with Gasteiger partial charge in [-0.1, -0.05) is 0 Å². The molecule has 0 radical (unpaired) electrons. The molecule has 0 atom stereocenters. The maximum absolute atomic E-state index is 12.4. The Labute approximate surface area is 90.1 Å². The molecule has 2 rings (SSSR count). The van der Waals surface area contributed by atoms with Gasteiger partial charge in [-0.05, 0) is 23.8 Å². The van der Waals surface area contributed by atoms with Crippen LogP contribution in [0, 0.1) is 0 Å². The molecular weight excluding hydrogens is 223 g/mol. The van der Waals surface area contributed by atoms with Gasteiger partial charge < -0.3 is 5.32 Å². The first-order chi connectivity index (χ1) is 7.07. The summed E-state index contributed by atoms with van der Waals surface area (Å²) in [6.45, 7) is 1.35. The highest BCUT2D eigenvalue weighted by atomic mass is 32.2. The lowest BCUT2D eigenvalue weighted by atomic mass is 10.1. The lowest BCUT2D eigenvalue weighted by Crippen LogP contribution is -2.14. The van der Waals surface area contributed by atoms with Gasteiger partial charge in [-0.2, -0.15) is 13.2 Å². The topological polar surface area (TPSA) is 12.0 Å². The predicted octanol–water partition coefficient (Wildman–Crippen LogP) is 2.90. The van der Waals surface area contributed by atoms with Crippen molar-refractivity contribution in [3.05, 3.63) is 29.3 Å². The van der Waals surface area contributed by atoms with Gasteiger partial charge in [0.2, 0.25) is 0 Å². The molecule has 0 aliphatic carbocycles. The number of alkyl halides is 3. The summed E-state index contributed by atoms with van der Waals surface area (Å²) < 4.78 is 37.3. The van der Waals surface area contributed by atoms with Crippen molar-refractivity contribution < 1.29 is 13.2 Å². The second-order valence-electron chi connectivity index (χ2n) is 3.35. The third-order valence-electron chi connectivity index (χ3n) is 2.24. The Bertz CT molecular complexity index is 362. The van der Waals surface area contributed by atoms with Crippen LogP contribution in [0.25, 0.3) is 0 Å². The molecule has 82 valence electrons. The van der Waals surface area contributed by atoms with Gasteiger partial charge in [-0.25, -0.2) is 0 Å². The average molecular weight is 233 g/mol. The van der Waals surface area contributed by atoms with E-state index in [-0.39, 0.29) is 0 Å². The minimum atomic E-state index is -4.24. The predicted molar refractivity (Wildman–Crippen MR) is 53.9 cm³/mol. The lowest BCUT2D eigenvalue weighted by Gasteiger charge is -2.10. The standard InChI is InChI=1S/C10H10F3NS/c11-10(12,13)8-1-2-9-7(5-8)6-14-3-4-15-9/h1-2,5,14H,3-4,6H2. The Balaban J connectivity index is 2.36. The van der Waals surface area contributed by atoms with Crippen LogP contribution in [-0.4, -0.2) is 12.3 Å². The molecule has 1 N–H and O–H groups in total. The first-order valence-electron chi connectivity index (χ1n) is 4.61. The number of halogens is 3. The zero-order valence-electron chi connectivity index (χ0n) is 7.90. The second-order valence-corrected chi connectivity index (χ2v) is 4.48. The summed E-state index contributed by atoms with van der Waals surface area (Å²) in [5.41, 5.74) is 0.179. The minimum Gasteiger partial charge on any atom is -0.312 e. The van der Waals surface area contributed by atoms with Gasteiger partial charge in [-0.15, -0.1) is 11.8 Å². The number of benzene rings is 1. The Morgan fingerprint density at radius 2 is 2.07 bits per heavy atom. The normalized spacial score (nSPS) is 17.0. The van der Waals surface area contributed by atoms with Crippen LogP contribution < -0.4 is 5.32 Å². The van der Waals surface area contributed by atoms with Gasteiger partial charge in [-0.3, -0.25) is 0 Å². The van der Waals surface area contributed by atoms with Gasteiger partial charge in [0.25, 0.3) is 0 Å². The summed E-state index contributed by atoms with van der Waals surface area (Å²) in [6, 6.07) is 3.95. The summed E-state index contributed by atoms with van der Waals surface area (Å²) in [4.78, 5) is 0.952. The molecule has 0 fully saturated rings.